The van der Waals surface area contributed by atoms with E-state index >= 15 is 0 Å². The summed E-state index contributed by atoms with van der Waals surface area (Å²) in [5, 5.41) is 8.64. The quantitative estimate of drug-likeness (QED) is 0.811. The van der Waals surface area contributed by atoms with Crippen LogP contribution in [0.15, 0.2) is 17.0 Å². The summed E-state index contributed by atoms with van der Waals surface area (Å²) in [4.78, 5) is 0.0940. The second-order valence-electron chi connectivity index (χ2n) is 3.71. The largest absolute Gasteiger partial charge is 0.495 e. The van der Waals surface area contributed by atoms with Crippen molar-refractivity contribution in [2.75, 3.05) is 20.3 Å². The lowest BCUT2D eigenvalue weighted by Crippen LogP contribution is -2.27. The van der Waals surface area contributed by atoms with Crippen molar-refractivity contribution in [3.8, 4) is 5.75 Å². The Kier molecular flexibility index (Phi) is 4.50. The topological polar surface area (TPSA) is 75.6 Å². The Morgan fingerprint density at radius 3 is 2.41 bits per heavy atom. The molecule has 2 N–H and O–H groups in total. The lowest BCUT2D eigenvalue weighted by Gasteiger charge is -2.12. The molecule has 0 amide bonds. The third kappa shape index (κ3) is 3.18. The van der Waals surface area contributed by atoms with Crippen molar-refractivity contribution in [3.63, 3.8) is 0 Å². The van der Waals surface area contributed by atoms with Crippen LogP contribution in [-0.2, 0) is 10.0 Å². The summed E-state index contributed by atoms with van der Waals surface area (Å²) in [7, 11) is -2.21. The maximum atomic E-state index is 11.9. The van der Waals surface area contributed by atoms with Crippen LogP contribution in [0.1, 0.15) is 11.1 Å². The van der Waals surface area contributed by atoms with Gasteiger partial charge in [0.25, 0.3) is 0 Å². The zero-order valence-electron chi connectivity index (χ0n) is 10.1. The molecule has 1 aromatic carbocycles. The standard InChI is InChI=1S/C11H17NO4S/c1-8-6-10(16-3)11(7-9(8)2)17(14,15)12-4-5-13/h6-7,12-13H,4-5H2,1-3H3. The van der Waals surface area contributed by atoms with E-state index in [0.717, 1.165) is 11.1 Å². The molecule has 0 aliphatic heterocycles. The van der Waals surface area contributed by atoms with Crippen LogP contribution in [0.2, 0.25) is 0 Å². The number of aliphatic hydroxyl groups is 1. The van der Waals surface area contributed by atoms with Crippen molar-refractivity contribution in [2.45, 2.75) is 18.7 Å². The van der Waals surface area contributed by atoms with Gasteiger partial charge in [0.05, 0.1) is 13.7 Å². The summed E-state index contributed by atoms with van der Waals surface area (Å²) in [6, 6.07) is 3.25. The molecular weight excluding hydrogens is 242 g/mol. The molecule has 0 atom stereocenters. The zero-order chi connectivity index (χ0) is 13.1. The summed E-state index contributed by atoms with van der Waals surface area (Å²) in [6.07, 6.45) is 0. The van der Waals surface area contributed by atoms with E-state index in [1.54, 1.807) is 12.1 Å². The van der Waals surface area contributed by atoms with Crippen LogP contribution in [0.4, 0.5) is 0 Å². The average molecular weight is 259 g/mol. The molecule has 0 fully saturated rings. The Balaban J connectivity index is 3.25. The summed E-state index contributed by atoms with van der Waals surface area (Å²) >= 11 is 0. The second-order valence-corrected chi connectivity index (χ2v) is 5.44. The van der Waals surface area contributed by atoms with E-state index in [9.17, 15) is 8.42 Å². The molecule has 0 radical (unpaired) electrons. The van der Waals surface area contributed by atoms with Crippen LogP contribution in [0, 0.1) is 13.8 Å². The molecule has 0 aliphatic rings. The number of rotatable bonds is 5. The first-order valence-electron chi connectivity index (χ1n) is 5.18. The molecule has 96 valence electrons. The zero-order valence-corrected chi connectivity index (χ0v) is 11.0. The van der Waals surface area contributed by atoms with Gasteiger partial charge in [0.1, 0.15) is 10.6 Å². The van der Waals surface area contributed by atoms with E-state index < -0.39 is 10.0 Å². The molecule has 0 unspecified atom stereocenters. The average Bonchev–Trinajstić information content (AvgIpc) is 2.29. The number of hydrogen-bond donors (Lipinski definition) is 2. The fraction of sp³-hybridized carbons (Fsp3) is 0.455. The first kappa shape index (κ1) is 14.0. The number of benzene rings is 1. The van der Waals surface area contributed by atoms with Gasteiger partial charge in [-0.3, -0.25) is 0 Å². The van der Waals surface area contributed by atoms with Crippen LogP contribution in [-0.4, -0.2) is 33.8 Å². The van der Waals surface area contributed by atoms with Crippen molar-refractivity contribution in [1.82, 2.24) is 4.72 Å². The normalized spacial score (nSPS) is 11.5. The minimum absolute atomic E-state index is 0.0155. The second kappa shape index (κ2) is 5.48. The van der Waals surface area contributed by atoms with Crippen LogP contribution in [0.5, 0.6) is 5.75 Å². The van der Waals surface area contributed by atoms with Crippen molar-refractivity contribution >= 4 is 10.0 Å². The summed E-state index contributed by atoms with van der Waals surface area (Å²) in [5.41, 5.74) is 1.83. The Labute approximate surface area is 101 Å². The molecule has 1 rings (SSSR count). The first-order chi connectivity index (χ1) is 7.92. The molecule has 0 saturated carbocycles. The molecule has 5 nitrogen and oxygen atoms in total. The predicted molar refractivity (Wildman–Crippen MR) is 64.7 cm³/mol. The van der Waals surface area contributed by atoms with E-state index in [4.69, 9.17) is 9.84 Å². The number of methoxy groups -OCH3 is 1. The Bertz CT molecular complexity index is 496. The Morgan fingerprint density at radius 1 is 1.29 bits per heavy atom. The third-order valence-corrected chi connectivity index (χ3v) is 3.96. The lowest BCUT2D eigenvalue weighted by atomic mass is 10.1. The minimum Gasteiger partial charge on any atom is -0.495 e. The van der Waals surface area contributed by atoms with Gasteiger partial charge in [-0.2, -0.15) is 0 Å². The van der Waals surface area contributed by atoms with Gasteiger partial charge >= 0.3 is 0 Å². The fourth-order valence-electron chi connectivity index (χ4n) is 1.39. The molecular formula is C11H17NO4S. The van der Waals surface area contributed by atoms with Gasteiger partial charge in [-0.05, 0) is 37.1 Å². The van der Waals surface area contributed by atoms with E-state index in [-0.39, 0.29) is 18.0 Å². The van der Waals surface area contributed by atoms with Crippen molar-refractivity contribution in [1.29, 1.82) is 0 Å². The maximum Gasteiger partial charge on any atom is 0.244 e. The Hall–Kier alpha value is -1.11. The summed E-state index contributed by atoms with van der Waals surface area (Å²) in [6.45, 7) is 3.46. The first-order valence-corrected chi connectivity index (χ1v) is 6.66. The van der Waals surface area contributed by atoms with Gasteiger partial charge in [0.15, 0.2) is 0 Å². The molecule has 0 spiro atoms. The predicted octanol–water partition coefficient (Wildman–Crippen LogP) is 0.583. The SMILES string of the molecule is COc1cc(C)c(C)cc1S(=O)(=O)NCCO. The van der Waals surface area contributed by atoms with Crippen LogP contribution in [0.3, 0.4) is 0 Å². The number of nitrogens with one attached hydrogen (secondary N) is 1. The van der Waals surface area contributed by atoms with Crippen LogP contribution >= 0.6 is 0 Å². The molecule has 0 aliphatic carbocycles. The number of aliphatic hydroxyl groups excluding tert-OH is 1. The highest BCUT2D eigenvalue weighted by Gasteiger charge is 2.19. The van der Waals surface area contributed by atoms with Gasteiger partial charge < -0.3 is 9.84 Å². The number of aryl methyl sites for hydroxylation is 2. The highest BCUT2D eigenvalue weighted by molar-refractivity contribution is 7.89. The smallest absolute Gasteiger partial charge is 0.244 e. The monoisotopic (exact) mass is 259 g/mol. The highest BCUT2D eigenvalue weighted by atomic mass is 32.2. The van der Waals surface area contributed by atoms with E-state index in [2.05, 4.69) is 4.72 Å². The molecule has 0 aromatic heterocycles. The lowest BCUT2D eigenvalue weighted by molar-refractivity contribution is 0.301. The summed E-state index contributed by atoms with van der Waals surface area (Å²) < 4.78 is 31.2. The van der Waals surface area contributed by atoms with Gasteiger partial charge in [0.2, 0.25) is 10.0 Å². The maximum absolute atomic E-state index is 11.9. The van der Waals surface area contributed by atoms with Gasteiger partial charge in [-0.1, -0.05) is 0 Å². The number of sulfonamides is 1. The molecule has 0 saturated heterocycles. The molecule has 1 aromatic rings. The highest BCUT2D eigenvalue weighted by Crippen LogP contribution is 2.26. The number of ether oxygens (including phenoxy) is 1. The van der Waals surface area contributed by atoms with Gasteiger partial charge in [-0.15, -0.1) is 0 Å². The minimum atomic E-state index is -3.64. The van der Waals surface area contributed by atoms with Crippen molar-refractivity contribution in [3.05, 3.63) is 23.3 Å². The van der Waals surface area contributed by atoms with E-state index in [1.165, 1.54) is 7.11 Å². The molecule has 0 bridgehead atoms. The molecule has 6 heteroatoms. The van der Waals surface area contributed by atoms with Crippen LogP contribution in [0.25, 0.3) is 0 Å². The van der Waals surface area contributed by atoms with Crippen molar-refractivity contribution in [2.24, 2.45) is 0 Å². The fourth-order valence-corrected chi connectivity index (χ4v) is 2.65. The van der Waals surface area contributed by atoms with Gasteiger partial charge in [-0.25, -0.2) is 13.1 Å². The molecule has 17 heavy (non-hydrogen) atoms. The number of hydrogen-bond acceptors (Lipinski definition) is 4. The van der Waals surface area contributed by atoms with Gasteiger partial charge in [0, 0.05) is 6.54 Å². The van der Waals surface area contributed by atoms with E-state index in [1.807, 2.05) is 13.8 Å². The third-order valence-electron chi connectivity index (χ3n) is 2.47. The Morgan fingerprint density at radius 2 is 1.88 bits per heavy atom. The molecule has 0 heterocycles. The summed E-state index contributed by atoms with van der Waals surface area (Å²) in [5.74, 6) is 0.304. The van der Waals surface area contributed by atoms with Crippen molar-refractivity contribution < 1.29 is 18.3 Å². The van der Waals surface area contributed by atoms with Crippen LogP contribution < -0.4 is 9.46 Å². The van der Waals surface area contributed by atoms with E-state index in [0.29, 0.717) is 5.75 Å².